The maximum atomic E-state index is 12.7. The van der Waals surface area contributed by atoms with Crippen molar-refractivity contribution in [1.82, 2.24) is 0 Å². The number of nitrogens with two attached hydrogens (primary N) is 1. The minimum absolute atomic E-state index is 0. The van der Waals surface area contributed by atoms with Gasteiger partial charge in [-0.3, -0.25) is 9.59 Å². The first-order valence-corrected chi connectivity index (χ1v) is 8.86. The molecule has 2 amide bonds. The molecule has 0 radical (unpaired) electrons. The van der Waals surface area contributed by atoms with Crippen LogP contribution in [0, 0.1) is 17.8 Å². The molecule has 0 aliphatic heterocycles. The molecule has 138 valence electrons. The Kier molecular flexibility index (Phi) is 6.47. The number of anilines is 2. The van der Waals surface area contributed by atoms with E-state index in [2.05, 4.69) is 5.32 Å². The highest BCUT2D eigenvalue weighted by atomic mass is 35.5. The molecule has 2 saturated carbocycles. The van der Waals surface area contributed by atoms with Gasteiger partial charge in [0, 0.05) is 37.3 Å². The number of fused-ring (bicyclic) bond motifs is 2. The Morgan fingerprint density at radius 3 is 2.44 bits per heavy atom. The fourth-order valence-corrected chi connectivity index (χ4v) is 4.22. The zero-order valence-electron chi connectivity index (χ0n) is 14.9. The second kappa shape index (κ2) is 8.19. The molecule has 2 atom stereocenters. The molecule has 0 aromatic heterocycles. The lowest BCUT2D eigenvalue weighted by Gasteiger charge is -2.43. The second-order valence-corrected chi connectivity index (χ2v) is 7.31. The van der Waals surface area contributed by atoms with Crippen LogP contribution in [0.3, 0.4) is 0 Å². The highest BCUT2D eigenvalue weighted by molar-refractivity contribution is 5.95. The number of halogens is 1. The molecule has 2 fully saturated rings. The maximum absolute atomic E-state index is 12.7. The molecule has 1 aromatic carbocycles. The Balaban J connectivity index is 0.00000225. The van der Waals surface area contributed by atoms with Crippen LogP contribution < -0.4 is 16.0 Å². The molecule has 0 heterocycles. The molecule has 2 aliphatic rings. The van der Waals surface area contributed by atoms with Gasteiger partial charge in [-0.1, -0.05) is 12.5 Å². The number of rotatable bonds is 3. The minimum atomic E-state index is -0.0347. The smallest absolute Gasteiger partial charge is 0.227 e. The lowest BCUT2D eigenvalue weighted by molar-refractivity contribution is -0.122. The second-order valence-electron chi connectivity index (χ2n) is 7.31. The van der Waals surface area contributed by atoms with Crippen LogP contribution in [0.15, 0.2) is 24.3 Å². The summed E-state index contributed by atoms with van der Waals surface area (Å²) in [4.78, 5) is 25.8. The SMILES string of the molecule is CC(=O)N(C)c1cccc(NC(=O)C2CC3CCCC(C2)C3N)c1.Cl. The molecular formula is C19H28ClN3O2. The van der Waals surface area contributed by atoms with Crippen LogP contribution in [0.1, 0.15) is 39.0 Å². The lowest BCUT2D eigenvalue weighted by Crippen LogP contribution is -2.48. The summed E-state index contributed by atoms with van der Waals surface area (Å²) in [5.74, 6) is 1.08. The zero-order valence-corrected chi connectivity index (χ0v) is 15.7. The molecule has 3 N–H and O–H groups in total. The van der Waals surface area contributed by atoms with Crippen molar-refractivity contribution in [2.75, 3.05) is 17.3 Å². The van der Waals surface area contributed by atoms with Gasteiger partial charge < -0.3 is 16.0 Å². The first kappa shape index (κ1) is 19.7. The average Bonchev–Trinajstić information content (AvgIpc) is 2.54. The largest absolute Gasteiger partial charge is 0.327 e. The molecule has 6 heteroatoms. The number of carbonyl (C=O) groups excluding carboxylic acids is 2. The van der Waals surface area contributed by atoms with Gasteiger partial charge in [-0.15, -0.1) is 12.4 Å². The predicted molar refractivity (Wildman–Crippen MR) is 103 cm³/mol. The van der Waals surface area contributed by atoms with Crippen molar-refractivity contribution in [2.45, 2.75) is 45.1 Å². The van der Waals surface area contributed by atoms with Crippen LogP contribution in [-0.4, -0.2) is 24.9 Å². The molecule has 5 nitrogen and oxygen atoms in total. The summed E-state index contributed by atoms with van der Waals surface area (Å²) >= 11 is 0. The maximum Gasteiger partial charge on any atom is 0.227 e. The molecule has 2 aliphatic carbocycles. The average molecular weight is 366 g/mol. The van der Waals surface area contributed by atoms with Gasteiger partial charge in [0.15, 0.2) is 0 Å². The van der Waals surface area contributed by atoms with Crippen molar-refractivity contribution < 1.29 is 9.59 Å². The Bertz CT molecular complexity index is 623. The third-order valence-electron chi connectivity index (χ3n) is 5.76. The third kappa shape index (κ3) is 4.33. The van der Waals surface area contributed by atoms with Crippen LogP contribution >= 0.6 is 12.4 Å². The van der Waals surface area contributed by atoms with E-state index >= 15 is 0 Å². The van der Waals surface area contributed by atoms with E-state index in [0.717, 1.165) is 37.1 Å². The molecule has 1 aromatic rings. The van der Waals surface area contributed by atoms with Crippen molar-refractivity contribution in [2.24, 2.45) is 23.5 Å². The Labute approximate surface area is 155 Å². The van der Waals surface area contributed by atoms with Crippen molar-refractivity contribution >= 4 is 35.6 Å². The highest BCUT2D eigenvalue weighted by Crippen LogP contribution is 2.42. The fraction of sp³-hybridized carbons (Fsp3) is 0.579. The molecular weight excluding hydrogens is 338 g/mol. The van der Waals surface area contributed by atoms with E-state index in [1.807, 2.05) is 24.3 Å². The van der Waals surface area contributed by atoms with Crippen LogP contribution in [-0.2, 0) is 9.59 Å². The van der Waals surface area contributed by atoms with Crippen molar-refractivity contribution in [3.63, 3.8) is 0 Å². The number of carbonyl (C=O) groups is 2. The first-order chi connectivity index (χ1) is 11.5. The Morgan fingerprint density at radius 1 is 1.20 bits per heavy atom. The van der Waals surface area contributed by atoms with Crippen molar-refractivity contribution in [1.29, 1.82) is 0 Å². The molecule has 0 saturated heterocycles. The third-order valence-corrected chi connectivity index (χ3v) is 5.76. The van der Waals surface area contributed by atoms with Crippen LogP contribution in [0.5, 0.6) is 0 Å². The van der Waals surface area contributed by atoms with Crippen molar-refractivity contribution in [3.05, 3.63) is 24.3 Å². The van der Waals surface area contributed by atoms with E-state index in [1.54, 1.807) is 11.9 Å². The van der Waals surface area contributed by atoms with Crippen LogP contribution in [0.25, 0.3) is 0 Å². The quantitative estimate of drug-likeness (QED) is 0.863. The number of hydrogen-bond acceptors (Lipinski definition) is 3. The van der Waals surface area contributed by atoms with E-state index in [9.17, 15) is 9.59 Å². The molecule has 3 rings (SSSR count). The normalized spacial score (nSPS) is 27.8. The molecule has 2 bridgehead atoms. The lowest BCUT2D eigenvalue weighted by atomic mass is 9.65. The van der Waals surface area contributed by atoms with Crippen LogP contribution in [0.2, 0.25) is 0 Å². The summed E-state index contributed by atoms with van der Waals surface area (Å²) in [7, 11) is 1.73. The summed E-state index contributed by atoms with van der Waals surface area (Å²) in [6, 6.07) is 7.70. The standard InChI is InChI=1S/C19H27N3O2.ClH/c1-12(23)22(2)17-8-4-7-16(11-17)21-19(24)15-9-13-5-3-6-14(10-15)18(13)20;/h4,7-8,11,13-15,18H,3,5-6,9-10,20H2,1-2H3,(H,21,24);1H. The predicted octanol–water partition coefficient (Wildman–Crippen LogP) is 3.18. The van der Waals surface area contributed by atoms with Gasteiger partial charge in [0.05, 0.1) is 0 Å². The number of nitrogens with one attached hydrogen (secondary N) is 1. The van der Waals surface area contributed by atoms with Gasteiger partial charge in [0.25, 0.3) is 0 Å². The fourth-order valence-electron chi connectivity index (χ4n) is 4.22. The Morgan fingerprint density at radius 2 is 1.84 bits per heavy atom. The summed E-state index contributed by atoms with van der Waals surface area (Å²) in [5, 5.41) is 3.03. The van der Waals surface area contributed by atoms with Gasteiger partial charge in [-0.2, -0.15) is 0 Å². The van der Waals surface area contributed by atoms with Gasteiger partial charge in [-0.25, -0.2) is 0 Å². The summed E-state index contributed by atoms with van der Waals surface area (Å²) in [6.07, 6.45) is 5.35. The van der Waals surface area contributed by atoms with E-state index in [-0.39, 0.29) is 36.2 Å². The van der Waals surface area contributed by atoms with E-state index in [4.69, 9.17) is 5.73 Å². The van der Waals surface area contributed by atoms with E-state index in [0.29, 0.717) is 11.8 Å². The summed E-state index contributed by atoms with van der Waals surface area (Å²) < 4.78 is 0. The number of amides is 2. The summed E-state index contributed by atoms with van der Waals surface area (Å²) in [5.41, 5.74) is 7.83. The molecule has 0 spiro atoms. The number of nitrogens with zero attached hydrogens (tertiary/aromatic N) is 1. The molecule has 25 heavy (non-hydrogen) atoms. The Hall–Kier alpha value is -1.59. The van der Waals surface area contributed by atoms with Gasteiger partial charge in [0.1, 0.15) is 0 Å². The highest BCUT2D eigenvalue weighted by Gasteiger charge is 2.40. The number of hydrogen-bond donors (Lipinski definition) is 2. The van der Waals surface area contributed by atoms with E-state index < -0.39 is 0 Å². The monoisotopic (exact) mass is 365 g/mol. The number of benzene rings is 1. The van der Waals surface area contributed by atoms with Crippen LogP contribution in [0.4, 0.5) is 11.4 Å². The van der Waals surface area contributed by atoms with Gasteiger partial charge >= 0.3 is 0 Å². The zero-order chi connectivity index (χ0) is 17.3. The van der Waals surface area contributed by atoms with Gasteiger partial charge in [-0.05, 0) is 55.7 Å². The minimum Gasteiger partial charge on any atom is -0.327 e. The molecule has 2 unspecified atom stereocenters. The summed E-state index contributed by atoms with van der Waals surface area (Å²) in [6.45, 7) is 1.52. The van der Waals surface area contributed by atoms with Gasteiger partial charge in [0.2, 0.25) is 11.8 Å². The van der Waals surface area contributed by atoms with E-state index in [1.165, 1.54) is 13.3 Å². The van der Waals surface area contributed by atoms with Crippen molar-refractivity contribution in [3.8, 4) is 0 Å². The first-order valence-electron chi connectivity index (χ1n) is 8.86. The topological polar surface area (TPSA) is 75.4 Å².